The van der Waals surface area contributed by atoms with E-state index in [1.165, 1.54) is 7.11 Å². The molecule has 4 nitrogen and oxygen atoms in total. The number of carbonyl (C=O) groups excluding carboxylic acids is 1. The van der Waals surface area contributed by atoms with Crippen molar-refractivity contribution < 1.29 is 9.53 Å². The van der Waals surface area contributed by atoms with Gasteiger partial charge in [-0.25, -0.2) is 0 Å². The molecule has 0 unspecified atom stereocenters. The SMILES string of the molecule is COC(=O)Cc1cccc(C(=N)N)c1. The summed E-state index contributed by atoms with van der Waals surface area (Å²) in [6.07, 6.45) is 0.206. The summed E-state index contributed by atoms with van der Waals surface area (Å²) in [5.74, 6) is -0.303. The molecule has 0 saturated carbocycles. The Morgan fingerprint density at radius 1 is 1.57 bits per heavy atom. The van der Waals surface area contributed by atoms with Gasteiger partial charge in [-0.3, -0.25) is 10.2 Å². The van der Waals surface area contributed by atoms with Crippen LogP contribution in [0.25, 0.3) is 0 Å². The smallest absolute Gasteiger partial charge is 0.309 e. The highest BCUT2D eigenvalue weighted by molar-refractivity contribution is 5.95. The average molecular weight is 192 g/mol. The molecule has 4 heteroatoms. The van der Waals surface area contributed by atoms with Crippen LogP contribution in [-0.4, -0.2) is 18.9 Å². The summed E-state index contributed by atoms with van der Waals surface area (Å²) in [6, 6.07) is 6.99. The quantitative estimate of drug-likeness (QED) is 0.420. The van der Waals surface area contributed by atoms with Crippen LogP contribution in [-0.2, 0) is 16.0 Å². The van der Waals surface area contributed by atoms with Gasteiger partial charge in [0, 0.05) is 5.56 Å². The monoisotopic (exact) mass is 192 g/mol. The first-order valence-corrected chi connectivity index (χ1v) is 4.13. The predicted octanol–water partition coefficient (Wildman–Crippen LogP) is 0.686. The van der Waals surface area contributed by atoms with Gasteiger partial charge in [0.05, 0.1) is 13.5 Å². The molecule has 0 fully saturated rings. The molecule has 0 atom stereocenters. The number of rotatable bonds is 3. The molecule has 0 aromatic heterocycles. The molecule has 1 aromatic rings. The van der Waals surface area contributed by atoms with E-state index < -0.39 is 0 Å². The van der Waals surface area contributed by atoms with Crippen molar-refractivity contribution in [2.45, 2.75) is 6.42 Å². The zero-order valence-corrected chi connectivity index (χ0v) is 7.91. The van der Waals surface area contributed by atoms with Gasteiger partial charge in [0.25, 0.3) is 0 Å². The minimum Gasteiger partial charge on any atom is -0.469 e. The molecular formula is C10H12N2O2. The molecule has 0 bridgehead atoms. The maximum absolute atomic E-state index is 11.0. The lowest BCUT2D eigenvalue weighted by atomic mass is 10.1. The van der Waals surface area contributed by atoms with Crippen LogP contribution in [0.2, 0.25) is 0 Å². The van der Waals surface area contributed by atoms with Crippen LogP contribution < -0.4 is 5.73 Å². The van der Waals surface area contributed by atoms with E-state index in [0.717, 1.165) is 5.56 Å². The Kier molecular flexibility index (Phi) is 3.23. The van der Waals surface area contributed by atoms with Gasteiger partial charge in [0.2, 0.25) is 0 Å². The van der Waals surface area contributed by atoms with Gasteiger partial charge in [0.15, 0.2) is 0 Å². The van der Waals surface area contributed by atoms with E-state index in [1.54, 1.807) is 24.3 Å². The number of benzene rings is 1. The lowest BCUT2D eigenvalue weighted by molar-refractivity contribution is -0.139. The summed E-state index contributed by atoms with van der Waals surface area (Å²) in [7, 11) is 1.34. The number of ether oxygens (including phenoxy) is 1. The summed E-state index contributed by atoms with van der Waals surface area (Å²) in [6.45, 7) is 0. The van der Waals surface area contributed by atoms with Gasteiger partial charge in [-0.15, -0.1) is 0 Å². The summed E-state index contributed by atoms with van der Waals surface area (Å²) in [5.41, 5.74) is 6.73. The minimum atomic E-state index is -0.300. The molecule has 0 heterocycles. The average Bonchev–Trinajstić information content (AvgIpc) is 2.18. The van der Waals surface area contributed by atoms with Gasteiger partial charge < -0.3 is 10.5 Å². The molecule has 74 valence electrons. The van der Waals surface area contributed by atoms with Crippen molar-refractivity contribution in [1.29, 1.82) is 5.41 Å². The van der Waals surface area contributed by atoms with Crippen molar-refractivity contribution in [3.63, 3.8) is 0 Å². The zero-order chi connectivity index (χ0) is 10.6. The number of hydrogen-bond donors (Lipinski definition) is 2. The lowest BCUT2D eigenvalue weighted by Gasteiger charge is -2.02. The van der Waals surface area contributed by atoms with E-state index in [-0.39, 0.29) is 18.2 Å². The van der Waals surface area contributed by atoms with Crippen molar-refractivity contribution in [3.8, 4) is 0 Å². The molecule has 0 aliphatic heterocycles. The third-order valence-electron chi connectivity index (χ3n) is 1.81. The van der Waals surface area contributed by atoms with Crippen molar-refractivity contribution in [1.82, 2.24) is 0 Å². The summed E-state index contributed by atoms with van der Waals surface area (Å²) >= 11 is 0. The first-order chi connectivity index (χ1) is 6.63. The van der Waals surface area contributed by atoms with Gasteiger partial charge >= 0.3 is 5.97 Å². The van der Waals surface area contributed by atoms with Crippen molar-refractivity contribution in [2.24, 2.45) is 5.73 Å². The molecular weight excluding hydrogens is 180 g/mol. The van der Waals surface area contributed by atoms with E-state index in [0.29, 0.717) is 5.56 Å². The highest BCUT2D eigenvalue weighted by atomic mass is 16.5. The number of nitrogen functional groups attached to an aromatic ring is 1. The first-order valence-electron chi connectivity index (χ1n) is 4.13. The number of nitrogens with one attached hydrogen (secondary N) is 1. The maximum atomic E-state index is 11.0. The Morgan fingerprint density at radius 2 is 2.29 bits per heavy atom. The fourth-order valence-corrected chi connectivity index (χ4v) is 1.09. The third kappa shape index (κ3) is 2.58. The van der Waals surface area contributed by atoms with E-state index in [2.05, 4.69) is 4.74 Å². The largest absolute Gasteiger partial charge is 0.469 e. The molecule has 0 aliphatic rings. The third-order valence-corrected chi connectivity index (χ3v) is 1.81. The molecule has 0 radical (unpaired) electrons. The second-order valence-corrected chi connectivity index (χ2v) is 2.87. The Labute approximate surface area is 82.2 Å². The number of esters is 1. The van der Waals surface area contributed by atoms with Crippen molar-refractivity contribution >= 4 is 11.8 Å². The Hall–Kier alpha value is -1.84. The number of methoxy groups -OCH3 is 1. The molecule has 14 heavy (non-hydrogen) atoms. The molecule has 3 N–H and O–H groups in total. The Morgan fingerprint density at radius 3 is 2.86 bits per heavy atom. The first kappa shape index (κ1) is 10.2. The van der Waals surface area contributed by atoms with E-state index in [4.69, 9.17) is 11.1 Å². The van der Waals surface area contributed by atoms with Gasteiger partial charge in [0.1, 0.15) is 5.84 Å². The molecule has 1 aromatic carbocycles. The van der Waals surface area contributed by atoms with E-state index in [9.17, 15) is 4.79 Å². The van der Waals surface area contributed by atoms with Crippen LogP contribution >= 0.6 is 0 Å². The second-order valence-electron chi connectivity index (χ2n) is 2.87. The summed E-state index contributed by atoms with van der Waals surface area (Å²) < 4.78 is 4.53. The Balaban J connectivity index is 2.83. The van der Waals surface area contributed by atoms with Gasteiger partial charge in [-0.05, 0) is 11.6 Å². The predicted molar refractivity (Wildman–Crippen MR) is 53.2 cm³/mol. The number of carbonyl (C=O) groups is 1. The second kappa shape index (κ2) is 4.41. The standard InChI is InChI=1S/C10H12N2O2/c1-14-9(13)6-7-3-2-4-8(5-7)10(11)12/h2-5H,6H2,1H3,(H3,11,12). The molecule has 0 aliphatic carbocycles. The van der Waals surface area contributed by atoms with E-state index >= 15 is 0 Å². The fourth-order valence-electron chi connectivity index (χ4n) is 1.09. The fraction of sp³-hybridized carbons (Fsp3) is 0.200. The highest BCUT2D eigenvalue weighted by Gasteiger charge is 2.04. The minimum absolute atomic E-state index is 0.00304. The van der Waals surface area contributed by atoms with E-state index in [1.807, 2.05) is 0 Å². The topological polar surface area (TPSA) is 76.2 Å². The van der Waals surface area contributed by atoms with Gasteiger partial charge in [-0.2, -0.15) is 0 Å². The van der Waals surface area contributed by atoms with Crippen LogP contribution in [0.4, 0.5) is 0 Å². The molecule has 1 rings (SSSR count). The Bertz CT molecular complexity index is 361. The number of amidine groups is 1. The van der Waals surface area contributed by atoms with Crippen LogP contribution in [0, 0.1) is 5.41 Å². The zero-order valence-electron chi connectivity index (χ0n) is 7.91. The van der Waals surface area contributed by atoms with Gasteiger partial charge in [-0.1, -0.05) is 18.2 Å². The normalized spacial score (nSPS) is 9.50. The number of hydrogen-bond acceptors (Lipinski definition) is 3. The van der Waals surface area contributed by atoms with Crippen LogP contribution in [0.5, 0.6) is 0 Å². The number of nitrogens with two attached hydrogens (primary N) is 1. The molecule has 0 spiro atoms. The van der Waals surface area contributed by atoms with Crippen LogP contribution in [0.1, 0.15) is 11.1 Å². The molecule has 0 amide bonds. The van der Waals surface area contributed by atoms with Crippen LogP contribution in [0.15, 0.2) is 24.3 Å². The highest BCUT2D eigenvalue weighted by Crippen LogP contribution is 2.05. The maximum Gasteiger partial charge on any atom is 0.309 e. The van der Waals surface area contributed by atoms with Crippen molar-refractivity contribution in [3.05, 3.63) is 35.4 Å². The molecule has 0 saturated heterocycles. The summed E-state index contributed by atoms with van der Waals surface area (Å²) in [5, 5.41) is 7.22. The lowest BCUT2D eigenvalue weighted by Crippen LogP contribution is -2.12. The summed E-state index contributed by atoms with van der Waals surface area (Å²) in [4.78, 5) is 11.0. The van der Waals surface area contributed by atoms with Crippen molar-refractivity contribution in [2.75, 3.05) is 7.11 Å². The van der Waals surface area contributed by atoms with Crippen LogP contribution in [0.3, 0.4) is 0 Å².